The van der Waals surface area contributed by atoms with Gasteiger partial charge in [0.2, 0.25) is 11.8 Å². The molecule has 0 aromatic heterocycles. The van der Waals surface area contributed by atoms with Crippen molar-refractivity contribution in [2.45, 2.75) is 13.3 Å². The zero-order valence-electron chi connectivity index (χ0n) is 17.0. The molecule has 6 heteroatoms. The molecule has 2 amide bonds. The van der Waals surface area contributed by atoms with Crippen LogP contribution in [0.4, 0.5) is 11.4 Å². The van der Waals surface area contributed by atoms with Crippen LogP contribution in [-0.4, -0.2) is 56.5 Å². The summed E-state index contributed by atoms with van der Waals surface area (Å²) in [7, 11) is 1.68. The molecule has 0 radical (unpaired) electrons. The van der Waals surface area contributed by atoms with Crippen LogP contribution in [0.5, 0.6) is 5.75 Å². The number of hydrogen-bond acceptors (Lipinski definition) is 4. The van der Waals surface area contributed by atoms with Gasteiger partial charge in [0.15, 0.2) is 0 Å². The Labute approximate surface area is 171 Å². The number of para-hydroxylation sites is 2. The molecule has 2 aliphatic rings. The Balaban J connectivity index is 1.37. The number of anilines is 2. The van der Waals surface area contributed by atoms with Gasteiger partial charge in [-0.3, -0.25) is 9.59 Å². The van der Waals surface area contributed by atoms with Crippen molar-refractivity contribution in [3.8, 4) is 5.75 Å². The summed E-state index contributed by atoms with van der Waals surface area (Å²) in [6.45, 7) is 5.32. The van der Waals surface area contributed by atoms with Crippen LogP contribution in [0.3, 0.4) is 0 Å². The first kappa shape index (κ1) is 19.3. The number of rotatable bonds is 4. The van der Waals surface area contributed by atoms with E-state index in [9.17, 15) is 9.59 Å². The van der Waals surface area contributed by atoms with Crippen molar-refractivity contribution in [2.75, 3.05) is 49.6 Å². The average Bonchev–Trinajstić information content (AvgIpc) is 3.15. The lowest BCUT2D eigenvalue weighted by Gasteiger charge is -2.37. The Morgan fingerprint density at radius 2 is 1.69 bits per heavy atom. The zero-order chi connectivity index (χ0) is 20.4. The smallest absolute Gasteiger partial charge is 0.228 e. The molecule has 29 heavy (non-hydrogen) atoms. The minimum absolute atomic E-state index is 0.0276. The number of nitrogens with zero attached hydrogens (tertiary/aromatic N) is 3. The number of aryl methyl sites for hydroxylation is 1. The van der Waals surface area contributed by atoms with E-state index < -0.39 is 0 Å². The monoisotopic (exact) mass is 393 g/mol. The highest BCUT2D eigenvalue weighted by atomic mass is 16.5. The van der Waals surface area contributed by atoms with Gasteiger partial charge < -0.3 is 19.4 Å². The van der Waals surface area contributed by atoms with Gasteiger partial charge in [0.25, 0.3) is 0 Å². The third-order valence-electron chi connectivity index (χ3n) is 5.84. The molecule has 0 spiro atoms. The maximum Gasteiger partial charge on any atom is 0.228 e. The van der Waals surface area contributed by atoms with E-state index in [1.807, 2.05) is 60.4 Å². The molecule has 2 fully saturated rings. The van der Waals surface area contributed by atoms with Gasteiger partial charge in [0.05, 0.1) is 18.7 Å². The SMILES string of the molecule is COc1ccccc1N1CCN(C(=O)[C@H]2CC(=O)N(c3ccc(C)cc3)C2)CC1. The van der Waals surface area contributed by atoms with Crippen LogP contribution >= 0.6 is 0 Å². The Morgan fingerprint density at radius 1 is 1.00 bits per heavy atom. The van der Waals surface area contributed by atoms with E-state index in [4.69, 9.17) is 4.74 Å². The predicted molar refractivity (Wildman–Crippen MR) is 113 cm³/mol. The molecular weight excluding hydrogens is 366 g/mol. The first-order valence-electron chi connectivity index (χ1n) is 10.1. The molecule has 152 valence electrons. The van der Waals surface area contributed by atoms with Gasteiger partial charge in [-0.1, -0.05) is 29.8 Å². The summed E-state index contributed by atoms with van der Waals surface area (Å²) in [6, 6.07) is 15.8. The van der Waals surface area contributed by atoms with Crippen molar-refractivity contribution in [3.63, 3.8) is 0 Å². The van der Waals surface area contributed by atoms with E-state index in [1.54, 1.807) is 12.0 Å². The number of ether oxygens (including phenoxy) is 1. The fourth-order valence-corrected chi connectivity index (χ4v) is 4.16. The minimum Gasteiger partial charge on any atom is -0.495 e. The van der Waals surface area contributed by atoms with Crippen LogP contribution in [0.1, 0.15) is 12.0 Å². The molecule has 6 nitrogen and oxygen atoms in total. The molecule has 0 bridgehead atoms. The van der Waals surface area contributed by atoms with Crippen LogP contribution < -0.4 is 14.5 Å². The molecule has 2 aromatic carbocycles. The third-order valence-corrected chi connectivity index (χ3v) is 5.84. The van der Waals surface area contributed by atoms with E-state index in [0.717, 1.165) is 35.8 Å². The summed E-state index contributed by atoms with van der Waals surface area (Å²) in [4.78, 5) is 31.4. The molecular formula is C23H27N3O3. The topological polar surface area (TPSA) is 53.1 Å². The second-order valence-corrected chi connectivity index (χ2v) is 7.73. The number of carbonyl (C=O) groups excluding carboxylic acids is 2. The summed E-state index contributed by atoms with van der Waals surface area (Å²) in [5.74, 6) is 0.705. The molecule has 2 heterocycles. The summed E-state index contributed by atoms with van der Waals surface area (Å²) in [6.07, 6.45) is 0.291. The van der Waals surface area contributed by atoms with E-state index in [2.05, 4.69) is 4.90 Å². The van der Waals surface area contributed by atoms with E-state index >= 15 is 0 Å². The Kier molecular flexibility index (Phi) is 5.43. The van der Waals surface area contributed by atoms with E-state index in [-0.39, 0.29) is 17.7 Å². The molecule has 2 aromatic rings. The Bertz CT molecular complexity index is 888. The van der Waals surface area contributed by atoms with Gasteiger partial charge in [-0.05, 0) is 31.2 Å². The summed E-state index contributed by atoms with van der Waals surface area (Å²) in [5, 5.41) is 0. The molecule has 0 unspecified atom stereocenters. The van der Waals surface area contributed by atoms with Crippen LogP contribution in [-0.2, 0) is 9.59 Å². The molecule has 4 rings (SSSR count). The Hall–Kier alpha value is -3.02. The molecule has 2 saturated heterocycles. The molecule has 2 aliphatic heterocycles. The maximum atomic E-state index is 13.0. The number of hydrogen-bond donors (Lipinski definition) is 0. The van der Waals surface area contributed by atoms with Crippen LogP contribution in [0, 0.1) is 12.8 Å². The second-order valence-electron chi connectivity index (χ2n) is 7.73. The quantitative estimate of drug-likeness (QED) is 0.802. The van der Waals surface area contributed by atoms with E-state index in [1.165, 1.54) is 0 Å². The lowest BCUT2D eigenvalue weighted by molar-refractivity contribution is -0.136. The van der Waals surface area contributed by atoms with Gasteiger partial charge in [-0.15, -0.1) is 0 Å². The van der Waals surface area contributed by atoms with Gasteiger partial charge in [0, 0.05) is 44.8 Å². The number of methoxy groups -OCH3 is 1. The van der Waals surface area contributed by atoms with Crippen LogP contribution in [0.15, 0.2) is 48.5 Å². The normalized spacial score (nSPS) is 19.6. The number of piperazine rings is 1. The highest BCUT2D eigenvalue weighted by molar-refractivity contribution is 6.00. The minimum atomic E-state index is -0.262. The van der Waals surface area contributed by atoms with Gasteiger partial charge in [0.1, 0.15) is 5.75 Å². The highest BCUT2D eigenvalue weighted by Gasteiger charge is 2.38. The van der Waals surface area contributed by atoms with Crippen molar-refractivity contribution in [1.29, 1.82) is 0 Å². The first-order chi connectivity index (χ1) is 14.1. The van der Waals surface area contributed by atoms with Crippen molar-refractivity contribution < 1.29 is 14.3 Å². The summed E-state index contributed by atoms with van der Waals surface area (Å²) < 4.78 is 5.46. The van der Waals surface area contributed by atoms with Crippen LogP contribution in [0.25, 0.3) is 0 Å². The first-order valence-corrected chi connectivity index (χ1v) is 10.1. The number of amides is 2. The largest absolute Gasteiger partial charge is 0.495 e. The van der Waals surface area contributed by atoms with Crippen molar-refractivity contribution >= 4 is 23.2 Å². The van der Waals surface area contributed by atoms with Gasteiger partial charge in [-0.25, -0.2) is 0 Å². The average molecular weight is 393 g/mol. The van der Waals surface area contributed by atoms with Gasteiger partial charge in [-0.2, -0.15) is 0 Å². The Morgan fingerprint density at radius 3 is 2.38 bits per heavy atom. The lowest BCUT2D eigenvalue weighted by Crippen LogP contribution is -2.50. The maximum absolute atomic E-state index is 13.0. The van der Waals surface area contributed by atoms with Crippen molar-refractivity contribution in [3.05, 3.63) is 54.1 Å². The molecule has 0 aliphatic carbocycles. The fraction of sp³-hybridized carbons (Fsp3) is 0.391. The van der Waals surface area contributed by atoms with Crippen molar-refractivity contribution in [1.82, 2.24) is 4.90 Å². The lowest BCUT2D eigenvalue weighted by atomic mass is 10.1. The summed E-state index contributed by atoms with van der Waals surface area (Å²) >= 11 is 0. The van der Waals surface area contributed by atoms with Gasteiger partial charge >= 0.3 is 0 Å². The standard InChI is InChI=1S/C23H27N3O3/c1-17-7-9-19(10-8-17)26-16-18(15-22(26)27)23(28)25-13-11-24(12-14-25)20-5-3-4-6-21(20)29-2/h3-10,18H,11-16H2,1-2H3/t18-/m0/s1. The number of benzene rings is 2. The molecule has 0 saturated carbocycles. The van der Waals surface area contributed by atoms with E-state index in [0.29, 0.717) is 26.1 Å². The fourth-order valence-electron chi connectivity index (χ4n) is 4.16. The third kappa shape index (κ3) is 3.92. The zero-order valence-corrected chi connectivity index (χ0v) is 17.0. The predicted octanol–water partition coefficient (Wildman–Crippen LogP) is 2.71. The van der Waals surface area contributed by atoms with Crippen LogP contribution in [0.2, 0.25) is 0 Å². The molecule has 1 atom stereocenters. The molecule has 0 N–H and O–H groups in total. The highest BCUT2D eigenvalue weighted by Crippen LogP contribution is 2.30. The second kappa shape index (κ2) is 8.15. The summed E-state index contributed by atoms with van der Waals surface area (Å²) in [5.41, 5.74) is 3.08. The van der Waals surface area contributed by atoms with Crippen molar-refractivity contribution in [2.24, 2.45) is 5.92 Å². The number of carbonyl (C=O) groups is 2.